The van der Waals surface area contributed by atoms with Gasteiger partial charge in [-0.2, -0.15) is 13.2 Å². The second-order valence-electron chi connectivity index (χ2n) is 6.62. The van der Waals surface area contributed by atoms with E-state index < -0.39 is 17.3 Å². The molecule has 0 spiro atoms. The molecule has 0 saturated heterocycles. The molecule has 146 valence electrons. The van der Waals surface area contributed by atoms with Gasteiger partial charge in [0.15, 0.2) is 11.0 Å². The maximum Gasteiger partial charge on any atom is 0.417 e. The van der Waals surface area contributed by atoms with Crippen LogP contribution < -0.4 is 5.73 Å². The molecule has 2 N–H and O–H groups in total. The SMILES string of the molecule is C=C1C[C@@](C)(c2cc(CC(=O)c3ccc(C(F)(F)F)cn3)ccn2)N=C(N)S1. The van der Waals surface area contributed by atoms with Crippen molar-refractivity contribution < 1.29 is 18.0 Å². The molecule has 9 heteroatoms. The van der Waals surface area contributed by atoms with Crippen LogP contribution in [0.2, 0.25) is 0 Å². The zero-order valence-corrected chi connectivity index (χ0v) is 15.8. The van der Waals surface area contributed by atoms with E-state index in [0.717, 1.165) is 17.0 Å². The zero-order valence-electron chi connectivity index (χ0n) is 15.0. The predicted octanol–water partition coefficient (Wildman–Crippen LogP) is 4.10. The number of nitrogens with two attached hydrogens (primary N) is 1. The van der Waals surface area contributed by atoms with Crippen LogP contribution in [0.3, 0.4) is 0 Å². The van der Waals surface area contributed by atoms with Crippen LogP contribution in [0.25, 0.3) is 0 Å². The number of carbonyl (C=O) groups is 1. The summed E-state index contributed by atoms with van der Waals surface area (Å²) in [5.74, 6) is -0.386. The van der Waals surface area contributed by atoms with Gasteiger partial charge >= 0.3 is 6.18 Å². The van der Waals surface area contributed by atoms with E-state index in [1.807, 2.05) is 6.92 Å². The monoisotopic (exact) mass is 406 g/mol. The van der Waals surface area contributed by atoms with Crippen LogP contribution in [-0.2, 0) is 18.1 Å². The molecule has 2 aromatic heterocycles. The van der Waals surface area contributed by atoms with Gasteiger partial charge in [0, 0.05) is 25.2 Å². The van der Waals surface area contributed by atoms with Crippen LogP contribution >= 0.6 is 11.8 Å². The van der Waals surface area contributed by atoms with E-state index in [0.29, 0.717) is 29.0 Å². The Kier molecular flexibility index (Phi) is 5.29. The Morgan fingerprint density at radius 1 is 1.32 bits per heavy atom. The molecule has 28 heavy (non-hydrogen) atoms. The number of thioether (sulfide) groups is 1. The fourth-order valence-electron chi connectivity index (χ4n) is 2.90. The minimum Gasteiger partial charge on any atom is -0.378 e. The summed E-state index contributed by atoms with van der Waals surface area (Å²) in [6.45, 7) is 5.84. The van der Waals surface area contributed by atoms with Crippen LogP contribution in [-0.4, -0.2) is 20.9 Å². The largest absolute Gasteiger partial charge is 0.417 e. The summed E-state index contributed by atoms with van der Waals surface area (Å²) >= 11 is 1.32. The molecule has 1 aliphatic rings. The molecule has 0 unspecified atom stereocenters. The highest BCUT2D eigenvalue weighted by atomic mass is 32.2. The number of aromatic nitrogens is 2. The third-order valence-corrected chi connectivity index (χ3v) is 5.00. The lowest BCUT2D eigenvalue weighted by Gasteiger charge is -2.30. The first-order chi connectivity index (χ1) is 13.1. The van der Waals surface area contributed by atoms with Crippen molar-refractivity contribution in [1.29, 1.82) is 0 Å². The lowest BCUT2D eigenvalue weighted by atomic mass is 9.92. The highest BCUT2D eigenvalue weighted by Gasteiger charge is 2.33. The fourth-order valence-corrected chi connectivity index (χ4v) is 3.80. The van der Waals surface area contributed by atoms with Gasteiger partial charge in [-0.15, -0.1) is 0 Å². The Hall–Kier alpha value is -2.68. The third-order valence-electron chi connectivity index (χ3n) is 4.26. The average molecular weight is 406 g/mol. The Bertz CT molecular complexity index is 956. The normalized spacial score (nSPS) is 20.0. The number of carbonyl (C=O) groups excluding carboxylic acids is 1. The lowest BCUT2D eigenvalue weighted by molar-refractivity contribution is -0.137. The van der Waals surface area contributed by atoms with Gasteiger partial charge in [0.25, 0.3) is 0 Å². The molecule has 0 fully saturated rings. The summed E-state index contributed by atoms with van der Waals surface area (Å²) in [6, 6.07) is 5.36. The molecule has 3 rings (SSSR count). The summed E-state index contributed by atoms with van der Waals surface area (Å²) in [7, 11) is 0. The zero-order chi connectivity index (χ0) is 20.5. The lowest BCUT2D eigenvalue weighted by Crippen LogP contribution is -2.28. The number of aliphatic imine (C=N–C) groups is 1. The van der Waals surface area contributed by atoms with Crippen molar-refractivity contribution in [2.45, 2.75) is 31.5 Å². The Morgan fingerprint density at radius 3 is 2.68 bits per heavy atom. The first kappa shape index (κ1) is 20.1. The molecular formula is C19H17F3N4OS. The second-order valence-corrected chi connectivity index (χ2v) is 7.82. The Balaban J connectivity index is 1.80. The van der Waals surface area contributed by atoms with Crippen molar-refractivity contribution in [3.8, 4) is 0 Å². The molecule has 0 bridgehead atoms. The average Bonchev–Trinajstić information content (AvgIpc) is 2.60. The highest BCUT2D eigenvalue weighted by Crippen LogP contribution is 2.39. The first-order valence-electron chi connectivity index (χ1n) is 8.30. The van der Waals surface area contributed by atoms with Gasteiger partial charge in [-0.1, -0.05) is 18.3 Å². The van der Waals surface area contributed by atoms with Gasteiger partial charge < -0.3 is 5.73 Å². The van der Waals surface area contributed by atoms with Gasteiger partial charge in [-0.3, -0.25) is 14.8 Å². The summed E-state index contributed by atoms with van der Waals surface area (Å²) in [6.07, 6.45) is -1.72. The second kappa shape index (κ2) is 7.38. The van der Waals surface area contributed by atoms with Crippen molar-refractivity contribution in [1.82, 2.24) is 9.97 Å². The standard InChI is InChI=1S/C19H17F3N4OS/c1-11-9-18(2,26-17(23)28-11)16-8-12(5-6-24-16)7-15(27)14-4-3-13(10-25-14)19(20,21)22/h3-6,8,10H,1,7,9H2,2H3,(H2,23,26)/t18-/m0/s1. The minimum absolute atomic E-state index is 0.0150. The number of ketones is 1. The van der Waals surface area contributed by atoms with E-state index >= 15 is 0 Å². The molecule has 1 atom stereocenters. The number of hydrogen-bond acceptors (Lipinski definition) is 6. The van der Waals surface area contributed by atoms with Crippen molar-refractivity contribution in [2.75, 3.05) is 0 Å². The molecule has 0 radical (unpaired) electrons. The molecule has 0 aliphatic carbocycles. The van der Waals surface area contributed by atoms with Crippen molar-refractivity contribution in [3.63, 3.8) is 0 Å². The Morgan fingerprint density at radius 2 is 2.07 bits per heavy atom. The summed E-state index contributed by atoms with van der Waals surface area (Å²) in [5.41, 5.74) is 5.56. The molecule has 3 heterocycles. The summed E-state index contributed by atoms with van der Waals surface area (Å²) < 4.78 is 37.9. The number of pyridine rings is 2. The number of hydrogen-bond donors (Lipinski definition) is 1. The smallest absolute Gasteiger partial charge is 0.378 e. The molecule has 0 amide bonds. The molecule has 0 saturated carbocycles. The number of nitrogens with zero attached hydrogens (tertiary/aromatic N) is 3. The number of alkyl halides is 3. The maximum atomic E-state index is 12.6. The van der Waals surface area contributed by atoms with Crippen molar-refractivity contribution in [3.05, 3.63) is 70.7 Å². The van der Waals surface area contributed by atoms with Crippen LogP contribution in [0.5, 0.6) is 0 Å². The third kappa shape index (κ3) is 4.41. The number of Topliss-reactive ketones (excluding diaryl/α,β-unsaturated/α-hetero) is 1. The van der Waals surface area contributed by atoms with Crippen LogP contribution in [0, 0.1) is 0 Å². The van der Waals surface area contributed by atoms with Crippen LogP contribution in [0.1, 0.15) is 40.7 Å². The van der Waals surface area contributed by atoms with Gasteiger partial charge in [0.05, 0.1) is 11.3 Å². The molecule has 5 nitrogen and oxygen atoms in total. The van der Waals surface area contributed by atoms with E-state index in [1.165, 1.54) is 11.8 Å². The van der Waals surface area contributed by atoms with Gasteiger partial charge in [-0.05, 0) is 41.7 Å². The molecular weight excluding hydrogens is 389 g/mol. The maximum absolute atomic E-state index is 12.6. The van der Waals surface area contributed by atoms with Crippen molar-refractivity contribution >= 4 is 22.7 Å². The van der Waals surface area contributed by atoms with Crippen molar-refractivity contribution in [2.24, 2.45) is 10.7 Å². The first-order valence-corrected chi connectivity index (χ1v) is 9.11. The number of halogens is 3. The van der Waals surface area contributed by atoms with Gasteiger partial charge in [0.2, 0.25) is 0 Å². The highest BCUT2D eigenvalue weighted by molar-refractivity contribution is 8.17. The van der Waals surface area contributed by atoms with Gasteiger partial charge in [-0.25, -0.2) is 4.99 Å². The fraction of sp³-hybridized carbons (Fsp3) is 0.263. The van der Waals surface area contributed by atoms with Gasteiger partial charge in [0.1, 0.15) is 11.2 Å². The van der Waals surface area contributed by atoms with Crippen LogP contribution in [0.15, 0.2) is 53.1 Å². The van der Waals surface area contributed by atoms with E-state index in [4.69, 9.17) is 5.73 Å². The Labute approximate surface area is 164 Å². The molecule has 0 aromatic carbocycles. The number of rotatable bonds is 4. The molecule has 2 aromatic rings. The minimum atomic E-state index is -4.49. The van der Waals surface area contributed by atoms with E-state index in [9.17, 15) is 18.0 Å². The topological polar surface area (TPSA) is 81.2 Å². The summed E-state index contributed by atoms with van der Waals surface area (Å²) in [5, 5.41) is 0.399. The van der Waals surface area contributed by atoms with E-state index in [1.54, 1.807) is 18.3 Å². The predicted molar refractivity (Wildman–Crippen MR) is 102 cm³/mol. The summed E-state index contributed by atoms with van der Waals surface area (Å²) in [4.78, 5) is 25.8. The quantitative estimate of drug-likeness (QED) is 0.773. The van der Waals surface area contributed by atoms with E-state index in [2.05, 4.69) is 21.5 Å². The van der Waals surface area contributed by atoms with Crippen LogP contribution in [0.4, 0.5) is 13.2 Å². The molecule has 1 aliphatic heterocycles. The number of amidine groups is 1. The van der Waals surface area contributed by atoms with E-state index in [-0.39, 0.29) is 17.9 Å².